The zero-order valence-corrected chi connectivity index (χ0v) is 13.0. The van der Waals surface area contributed by atoms with Crippen LogP contribution in [0.25, 0.3) is 0 Å². The second-order valence-electron chi connectivity index (χ2n) is 6.64. The molecule has 0 radical (unpaired) electrons. The molecule has 1 N–H and O–H groups in total. The third-order valence-corrected chi connectivity index (χ3v) is 4.97. The third-order valence-electron chi connectivity index (χ3n) is 4.97. The van der Waals surface area contributed by atoms with Gasteiger partial charge in [0.15, 0.2) is 0 Å². The second-order valence-corrected chi connectivity index (χ2v) is 6.64. The van der Waals surface area contributed by atoms with Crippen LogP contribution in [0.1, 0.15) is 49.7 Å². The van der Waals surface area contributed by atoms with Gasteiger partial charge >= 0.3 is 0 Å². The standard InChI is InChI=1S/C17H28N2O/c1-3-7-18-9-17-13(2)8-16(20-17)12-19-10-14-5-4-6-15(14)11-19/h8,14-15,18H,3-7,9-12H2,1-2H3. The van der Waals surface area contributed by atoms with Gasteiger partial charge in [-0.3, -0.25) is 4.90 Å². The smallest absolute Gasteiger partial charge is 0.120 e. The van der Waals surface area contributed by atoms with Gasteiger partial charge < -0.3 is 9.73 Å². The van der Waals surface area contributed by atoms with Gasteiger partial charge in [0.1, 0.15) is 11.5 Å². The molecule has 2 unspecified atom stereocenters. The average Bonchev–Trinajstić information content (AvgIpc) is 3.06. The fraction of sp³-hybridized carbons (Fsp3) is 0.765. The van der Waals surface area contributed by atoms with Crippen molar-refractivity contribution in [2.24, 2.45) is 11.8 Å². The van der Waals surface area contributed by atoms with E-state index >= 15 is 0 Å². The van der Waals surface area contributed by atoms with Crippen molar-refractivity contribution in [3.05, 3.63) is 23.2 Å². The van der Waals surface area contributed by atoms with Crippen molar-refractivity contribution in [2.75, 3.05) is 19.6 Å². The molecule has 1 aromatic heterocycles. The van der Waals surface area contributed by atoms with E-state index in [1.54, 1.807) is 0 Å². The fourth-order valence-electron chi connectivity index (χ4n) is 3.90. The molecule has 1 aliphatic heterocycles. The fourth-order valence-corrected chi connectivity index (χ4v) is 3.90. The Balaban J connectivity index is 1.54. The Morgan fingerprint density at radius 1 is 1.30 bits per heavy atom. The van der Waals surface area contributed by atoms with E-state index in [2.05, 4.69) is 30.1 Å². The minimum Gasteiger partial charge on any atom is -0.463 e. The first-order valence-corrected chi connectivity index (χ1v) is 8.27. The predicted molar refractivity (Wildman–Crippen MR) is 81.6 cm³/mol. The van der Waals surface area contributed by atoms with Crippen LogP contribution in [-0.2, 0) is 13.1 Å². The Morgan fingerprint density at radius 2 is 2.05 bits per heavy atom. The Hall–Kier alpha value is -0.800. The van der Waals surface area contributed by atoms with Gasteiger partial charge in [0, 0.05) is 13.1 Å². The summed E-state index contributed by atoms with van der Waals surface area (Å²) >= 11 is 0. The number of hydrogen-bond acceptors (Lipinski definition) is 3. The zero-order chi connectivity index (χ0) is 13.9. The highest BCUT2D eigenvalue weighted by molar-refractivity contribution is 5.20. The molecule has 1 aliphatic carbocycles. The maximum Gasteiger partial charge on any atom is 0.120 e. The number of fused-ring (bicyclic) bond motifs is 1. The lowest BCUT2D eigenvalue weighted by molar-refractivity contribution is 0.271. The number of aryl methyl sites for hydroxylation is 1. The van der Waals surface area contributed by atoms with Crippen LogP contribution in [0.15, 0.2) is 10.5 Å². The number of nitrogens with zero attached hydrogens (tertiary/aromatic N) is 1. The molecule has 2 heterocycles. The Kier molecular flexibility index (Phi) is 4.47. The summed E-state index contributed by atoms with van der Waals surface area (Å²) in [6.45, 7) is 9.85. The van der Waals surface area contributed by atoms with E-state index in [-0.39, 0.29) is 0 Å². The first-order valence-electron chi connectivity index (χ1n) is 8.27. The van der Waals surface area contributed by atoms with E-state index < -0.39 is 0 Å². The largest absolute Gasteiger partial charge is 0.463 e. The van der Waals surface area contributed by atoms with E-state index in [0.717, 1.165) is 43.0 Å². The van der Waals surface area contributed by atoms with Crippen LogP contribution >= 0.6 is 0 Å². The summed E-state index contributed by atoms with van der Waals surface area (Å²) < 4.78 is 6.04. The van der Waals surface area contributed by atoms with Crippen LogP contribution in [0.5, 0.6) is 0 Å². The molecule has 2 aliphatic rings. The average molecular weight is 276 g/mol. The molecule has 2 atom stereocenters. The lowest BCUT2D eigenvalue weighted by Crippen LogP contribution is -2.20. The molecule has 3 heteroatoms. The van der Waals surface area contributed by atoms with Crippen molar-refractivity contribution in [1.29, 1.82) is 0 Å². The predicted octanol–water partition coefficient (Wildman–Crippen LogP) is 3.32. The minimum atomic E-state index is 0.866. The quantitative estimate of drug-likeness (QED) is 0.808. The SMILES string of the molecule is CCCNCc1oc(CN2CC3CCCC3C2)cc1C. The second kappa shape index (κ2) is 6.31. The van der Waals surface area contributed by atoms with Crippen LogP contribution in [0.4, 0.5) is 0 Å². The lowest BCUT2D eigenvalue weighted by Gasteiger charge is -2.14. The summed E-state index contributed by atoms with van der Waals surface area (Å²) in [4.78, 5) is 2.59. The van der Waals surface area contributed by atoms with Crippen LogP contribution in [0, 0.1) is 18.8 Å². The summed E-state index contributed by atoms with van der Waals surface area (Å²) in [5.74, 6) is 4.21. The molecular weight excluding hydrogens is 248 g/mol. The van der Waals surface area contributed by atoms with E-state index in [1.807, 2.05) is 0 Å². The van der Waals surface area contributed by atoms with Gasteiger partial charge in [-0.25, -0.2) is 0 Å². The van der Waals surface area contributed by atoms with Crippen LogP contribution in [0.2, 0.25) is 0 Å². The summed E-state index contributed by atoms with van der Waals surface area (Å²) in [7, 11) is 0. The highest BCUT2D eigenvalue weighted by atomic mass is 16.3. The Morgan fingerprint density at radius 3 is 2.75 bits per heavy atom. The number of furan rings is 1. The maximum absolute atomic E-state index is 6.04. The molecule has 3 nitrogen and oxygen atoms in total. The van der Waals surface area contributed by atoms with Crippen molar-refractivity contribution in [3.8, 4) is 0 Å². The van der Waals surface area contributed by atoms with Crippen molar-refractivity contribution in [3.63, 3.8) is 0 Å². The Labute approximate surface area is 122 Å². The summed E-state index contributed by atoms with van der Waals surface area (Å²) in [5.41, 5.74) is 1.29. The maximum atomic E-state index is 6.04. The van der Waals surface area contributed by atoms with Crippen molar-refractivity contribution in [1.82, 2.24) is 10.2 Å². The highest BCUT2D eigenvalue weighted by Gasteiger charge is 2.36. The van der Waals surface area contributed by atoms with Crippen molar-refractivity contribution >= 4 is 0 Å². The molecular formula is C17H28N2O. The van der Waals surface area contributed by atoms with Crippen LogP contribution in [0.3, 0.4) is 0 Å². The molecule has 2 fully saturated rings. The van der Waals surface area contributed by atoms with Crippen LogP contribution in [-0.4, -0.2) is 24.5 Å². The van der Waals surface area contributed by atoms with Gasteiger partial charge in [0.2, 0.25) is 0 Å². The molecule has 1 saturated heterocycles. The van der Waals surface area contributed by atoms with E-state index in [9.17, 15) is 0 Å². The zero-order valence-electron chi connectivity index (χ0n) is 13.0. The number of nitrogens with one attached hydrogen (secondary N) is 1. The molecule has 3 rings (SSSR count). The number of rotatable bonds is 6. The first kappa shape index (κ1) is 14.2. The molecule has 0 aromatic carbocycles. The summed E-state index contributed by atoms with van der Waals surface area (Å²) in [6.07, 6.45) is 5.52. The summed E-state index contributed by atoms with van der Waals surface area (Å²) in [5, 5.41) is 3.42. The van der Waals surface area contributed by atoms with Gasteiger partial charge in [-0.15, -0.1) is 0 Å². The lowest BCUT2D eigenvalue weighted by atomic mass is 10.0. The van der Waals surface area contributed by atoms with Gasteiger partial charge in [-0.1, -0.05) is 13.3 Å². The minimum absolute atomic E-state index is 0.866. The normalized spacial score (nSPS) is 26.3. The topological polar surface area (TPSA) is 28.4 Å². The van der Waals surface area contributed by atoms with Crippen molar-refractivity contribution < 1.29 is 4.42 Å². The van der Waals surface area contributed by atoms with Gasteiger partial charge in [0.25, 0.3) is 0 Å². The number of hydrogen-bond donors (Lipinski definition) is 1. The molecule has 0 amide bonds. The van der Waals surface area contributed by atoms with Crippen LogP contribution < -0.4 is 5.32 Å². The molecule has 0 bridgehead atoms. The first-order chi connectivity index (χ1) is 9.76. The van der Waals surface area contributed by atoms with E-state index in [1.165, 1.54) is 44.3 Å². The molecule has 1 aromatic rings. The van der Waals surface area contributed by atoms with E-state index in [4.69, 9.17) is 4.42 Å². The van der Waals surface area contributed by atoms with Gasteiger partial charge in [0.05, 0.1) is 13.1 Å². The molecule has 0 spiro atoms. The van der Waals surface area contributed by atoms with Gasteiger partial charge in [-0.05, 0) is 56.2 Å². The highest BCUT2D eigenvalue weighted by Crippen LogP contribution is 2.38. The molecule has 112 valence electrons. The van der Waals surface area contributed by atoms with Crippen molar-refractivity contribution in [2.45, 2.75) is 52.6 Å². The third kappa shape index (κ3) is 3.09. The summed E-state index contributed by atoms with van der Waals surface area (Å²) in [6, 6.07) is 2.23. The number of likely N-dealkylation sites (tertiary alicyclic amines) is 1. The van der Waals surface area contributed by atoms with Gasteiger partial charge in [-0.2, -0.15) is 0 Å². The molecule has 20 heavy (non-hydrogen) atoms. The molecule has 1 saturated carbocycles. The van der Waals surface area contributed by atoms with E-state index in [0.29, 0.717) is 0 Å². The monoisotopic (exact) mass is 276 g/mol. The Bertz CT molecular complexity index is 428.